The van der Waals surface area contributed by atoms with Crippen LogP contribution in [0.25, 0.3) is 0 Å². The molecule has 0 aliphatic heterocycles. The van der Waals surface area contributed by atoms with Crippen LogP contribution in [0.4, 0.5) is 9.59 Å². The fourth-order valence-corrected chi connectivity index (χ4v) is 5.15. The second-order valence-electron chi connectivity index (χ2n) is 13.2. The SMILES string of the molecule is CCOc1ccc(CC(NC(=O)OCc2ccccc2)C(=O)NC(Cc2ccccc2)C(=O)NCc2ccc(CNC(=O)OC(C)(C)C)cc2)cc1. The summed E-state index contributed by atoms with van der Waals surface area (Å²) >= 11 is 0. The van der Waals surface area contributed by atoms with Crippen molar-refractivity contribution in [1.29, 1.82) is 0 Å². The number of hydrogen-bond acceptors (Lipinski definition) is 7. The van der Waals surface area contributed by atoms with Crippen LogP contribution in [-0.2, 0) is 51.6 Å². The average molecular weight is 709 g/mol. The first-order valence-electron chi connectivity index (χ1n) is 17.3. The lowest BCUT2D eigenvalue weighted by molar-refractivity contribution is -0.130. The number of alkyl carbamates (subject to hydrolysis) is 2. The number of nitrogens with one attached hydrogen (secondary N) is 4. The lowest BCUT2D eigenvalue weighted by Crippen LogP contribution is -2.55. The van der Waals surface area contributed by atoms with Crippen molar-refractivity contribution < 1.29 is 33.4 Å². The molecule has 0 saturated heterocycles. The molecule has 0 aliphatic rings. The highest BCUT2D eigenvalue weighted by Crippen LogP contribution is 2.15. The predicted molar refractivity (Wildman–Crippen MR) is 198 cm³/mol. The number of hydrogen-bond donors (Lipinski definition) is 4. The van der Waals surface area contributed by atoms with E-state index in [1.807, 2.05) is 104 Å². The van der Waals surface area contributed by atoms with E-state index in [1.165, 1.54) is 0 Å². The highest BCUT2D eigenvalue weighted by Gasteiger charge is 2.28. The van der Waals surface area contributed by atoms with Crippen molar-refractivity contribution in [1.82, 2.24) is 21.3 Å². The van der Waals surface area contributed by atoms with Crippen LogP contribution < -0.4 is 26.0 Å². The molecule has 4 N–H and O–H groups in total. The van der Waals surface area contributed by atoms with E-state index >= 15 is 0 Å². The van der Waals surface area contributed by atoms with Crippen molar-refractivity contribution in [3.05, 3.63) is 137 Å². The summed E-state index contributed by atoms with van der Waals surface area (Å²) in [5.74, 6) is -0.239. The lowest BCUT2D eigenvalue weighted by Gasteiger charge is -2.23. The van der Waals surface area contributed by atoms with E-state index in [0.29, 0.717) is 18.9 Å². The van der Waals surface area contributed by atoms with Gasteiger partial charge in [0, 0.05) is 25.9 Å². The summed E-state index contributed by atoms with van der Waals surface area (Å²) in [5.41, 5.74) is 3.53. The van der Waals surface area contributed by atoms with Crippen molar-refractivity contribution in [3.8, 4) is 5.75 Å². The fourth-order valence-electron chi connectivity index (χ4n) is 5.15. The largest absolute Gasteiger partial charge is 0.494 e. The Morgan fingerprint density at radius 2 is 1.08 bits per heavy atom. The first-order valence-corrected chi connectivity index (χ1v) is 17.3. The van der Waals surface area contributed by atoms with Crippen molar-refractivity contribution in [2.45, 2.75) is 77.9 Å². The molecule has 0 saturated carbocycles. The van der Waals surface area contributed by atoms with Gasteiger partial charge in [-0.2, -0.15) is 0 Å². The van der Waals surface area contributed by atoms with Crippen LogP contribution in [0, 0.1) is 0 Å². The second-order valence-corrected chi connectivity index (χ2v) is 13.2. The van der Waals surface area contributed by atoms with Crippen LogP contribution in [0.3, 0.4) is 0 Å². The van der Waals surface area contributed by atoms with Gasteiger partial charge in [0.2, 0.25) is 11.8 Å². The van der Waals surface area contributed by atoms with Gasteiger partial charge in [0.15, 0.2) is 0 Å². The summed E-state index contributed by atoms with van der Waals surface area (Å²) in [6.07, 6.45) is -0.893. The zero-order valence-corrected chi connectivity index (χ0v) is 30.1. The number of benzene rings is 4. The number of carbonyl (C=O) groups is 4. The molecule has 0 bridgehead atoms. The first kappa shape index (κ1) is 39.0. The molecule has 0 spiro atoms. The molecule has 0 aliphatic carbocycles. The van der Waals surface area contributed by atoms with Gasteiger partial charge < -0.3 is 35.5 Å². The topological polar surface area (TPSA) is 144 Å². The molecule has 274 valence electrons. The zero-order chi connectivity index (χ0) is 37.3. The first-order chi connectivity index (χ1) is 25.0. The highest BCUT2D eigenvalue weighted by atomic mass is 16.6. The molecule has 2 unspecified atom stereocenters. The zero-order valence-electron chi connectivity index (χ0n) is 30.1. The van der Waals surface area contributed by atoms with Crippen LogP contribution in [0.2, 0.25) is 0 Å². The van der Waals surface area contributed by atoms with Gasteiger partial charge in [-0.15, -0.1) is 0 Å². The van der Waals surface area contributed by atoms with Gasteiger partial charge in [-0.25, -0.2) is 9.59 Å². The molecule has 52 heavy (non-hydrogen) atoms. The third-order valence-corrected chi connectivity index (χ3v) is 7.74. The molecule has 2 atom stereocenters. The Morgan fingerprint density at radius 3 is 1.63 bits per heavy atom. The number of ether oxygens (including phenoxy) is 3. The van der Waals surface area contributed by atoms with Crippen LogP contribution in [0.15, 0.2) is 109 Å². The summed E-state index contributed by atoms with van der Waals surface area (Å²) in [5, 5.41) is 11.3. The van der Waals surface area contributed by atoms with Gasteiger partial charge in [0.25, 0.3) is 0 Å². The third kappa shape index (κ3) is 13.8. The van der Waals surface area contributed by atoms with E-state index in [0.717, 1.165) is 27.8 Å². The maximum Gasteiger partial charge on any atom is 0.408 e. The van der Waals surface area contributed by atoms with E-state index in [9.17, 15) is 19.2 Å². The summed E-state index contributed by atoms with van der Waals surface area (Å²) in [6.45, 7) is 8.34. The van der Waals surface area contributed by atoms with Crippen molar-refractivity contribution in [2.24, 2.45) is 0 Å². The van der Waals surface area contributed by atoms with E-state index in [2.05, 4.69) is 21.3 Å². The molecule has 11 heteroatoms. The summed E-state index contributed by atoms with van der Waals surface area (Å²) < 4.78 is 16.3. The van der Waals surface area contributed by atoms with Gasteiger partial charge >= 0.3 is 12.2 Å². The Labute approximate surface area is 305 Å². The molecule has 4 rings (SSSR count). The molecule has 0 aromatic heterocycles. The van der Waals surface area contributed by atoms with Gasteiger partial charge in [0.05, 0.1) is 6.61 Å². The van der Waals surface area contributed by atoms with Crippen LogP contribution in [0.5, 0.6) is 5.75 Å². The van der Waals surface area contributed by atoms with Gasteiger partial charge in [-0.1, -0.05) is 97.1 Å². The molecular weight excluding hydrogens is 660 g/mol. The van der Waals surface area contributed by atoms with Crippen molar-refractivity contribution in [3.63, 3.8) is 0 Å². The third-order valence-electron chi connectivity index (χ3n) is 7.74. The molecule has 4 aromatic rings. The molecule has 4 aromatic carbocycles. The maximum absolute atomic E-state index is 13.9. The smallest absolute Gasteiger partial charge is 0.408 e. The van der Waals surface area contributed by atoms with Crippen molar-refractivity contribution >= 4 is 24.0 Å². The second kappa shape index (κ2) is 19.5. The highest BCUT2D eigenvalue weighted by molar-refractivity contribution is 5.91. The Morgan fingerprint density at radius 1 is 0.577 bits per heavy atom. The lowest BCUT2D eigenvalue weighted by atomic mass is 10.0. The Bertz CT molecular complexity index is 1730. The standard InChI is InChI=1S/C41H48N4O7/c1-5-50-34-22-20-30(21-23-34)25-36(45-40(49)51-28-33-14-10-7-11-15-33)38(47)44-35(24-29-12-8-6-9-13-29)37(46)42-26-31-16-18-32(19-17-31)27-43-39(48)52-41(2,3)4/h6-23,35-36H,5,24-28H2,1-4H3,(H,42,46)(H,43,48)(H,44,47)(H,45,49). The van der Waals surface area contributed by atoms with Crippen LogP contribution >= 0.6 is 0 Å². The Kier molecular flexibility index (Phi) is 14.6. The molecule has 11 nitrogen and oxygen atoms in total. The number of rotatable bonds is 16. The molecular formula is C41H48N4O7. The van der Waals surface area contributed by atoms with Gasteiger partial charge in [-0.3, -0.25) is 9.59 Å². The normalized spacial score (nSPS) is 12.1. The van der Waals surface area contributed by atoms with E-state index in [1.54, 1.807) is 32.9 Å². The molecule has 0 heterocycles. The minimum Gasteiger partial charge on any atom is -0.494 e. The minimum atomic E-state index is -1.05. The molecule has 4 amide bonds. The van der Waals surface area contributed by atoms with Crippen molar-refractivity contribution in [2.75, 3.05) is 6.61 Å². The van der Waals surface area contributed by atoms with Gasteiger partial charge in [-0.05, 0) is 67.6 Å². The van der Waals surface area contributed by atoms with E-state index < -0.39 is 35.8 Å². The Balaban J connectivity index is 1.43. The summed E-state index contributed by atoms with van der Waals surface area (Å²) in [4.78, 5) is 52.5. The van der Waals surface area contributed by atoms with Crippen LogP contribution in [0.1, 0.15) is 55.5 Å². The number of amides is 4. The minimum absolute atomic E-state index is 0.0321. The molecule has 0 fully saturated rings. The molecule has 0 radical (unpaired) electrons. The van der Waals surface area contributed by atoms with Gasteiger partial charge in [0.1, 0.15) is 30.0 Å². The van der Waals surface area contributed by atoms with E-state index in [-0.39, 0.29) is 31.9 Å². The predicted octanol–water partition coefficient (Wildman–Crippen LogP) is 5.99. The average Bonchev–Trinajstić information content (AvgIpc) is 3.13. The summed E-state index contributed by atoms with van der Waals surface area (Å²) in [7, 11) is 0. The quantitative estimate of drug-likeness (QED) is 0.112. The fraction of sp³-hybridized carbons (Fsp3) is 0.317. The Hall–Kier alpha value is -5.84. The number of carbonyl (C=O) groups excluding carboxylic acids is 4. The monoisotopic (exact) mass is 708 g/mol. The summed E-state index contributed by atoms with van der Waals surface area (Å²) in [6, 6.07) is 31.3. The van der Waals surface area contributed by atoms with Crippen LogP contribution in [-0.4, -0.2) is 48.3 Å². The van der Waals surface area contributed by atoms with E-state index in [4.69, 9.17) is 14.2 Å². The maximum atomic E-state index is 13.9.